The summed E-state index contributed by atoms with van der Waals surface area (Å²) in [7, 11) is 0. The largest absolute Gasteiger partial charge is 0.390 e. The molecule has 0 aliphatic heterocycles. The molecule has 0 bridgehead atoms. The van der Waals surface area contributed by atoms with Gasteiger partial charge in [-0.1, -0.05) is 13.8 Å². The molecule has 0 amide bonds. The Balaban J connectivity index is 1.59. The Bertz CT molecular complexity index is 500. The minimum atomic E-state index is -0.679. The minimum absolute atomic E-state index is 0.382. The molecule has 0 aliphatic rings. The van der Waals surface area contributed by atoms with Gasteiger partial charge >= 0.3 is 0 Å². The van der Waals surface area contributed by atoms with Gasteiger partial charge in [-0.05, 0) is 0 Å². The Morgan fingerprint density at radius 1 is 0.833 bits per heavy atom. The van der Waals surface area contributed by atoms with Gasteiger partial charge < -0.3 is 10.2 Å². The second-order valence-corrected chi connectivity index (χ2v) is 9.75. The van der Waals surface area contributed by atoms with Crippen LogP contribution in [0.3, 0.4) is 0 Å². The summed E-state index contributed by atoms with van der Waals surface area (Å²) in [5, 5.41) is 26.4. The number of nitrogens with zero attached hydrogens (tertiary/aromatic N) is 2. The van der Waals surface area contributed by atoms with Crippen molar-refractivity contribution >= 4 is 46.2 Å². The van der Waals surface area contributed by atoms with E-state index in [-0.39, 0.29) is 0 Å². The molecule has 0 aromatic carbocycles. The highest BCUT2D eigenvalue weighted by atomic mass is 32.2. The molecule has 0 aliphatic carbocycles. The number of thioether (sulfide) groups is 2. The number of aliphatic hydroxyl groups excluding tert-OH is 2. The van der Waals surface area contributed by atoms with Crippen LogP contribution in [0.15, 0.2) is 23.2 Å². The summed E-state index contributed by atoms with van der Waals surface area (Å²) in [6, 6.07) is 0. The van der Waals surface area contributed by atoms with E-state index in [1.54, 1.807) is 46.2 Å². The Kier molecular flexibility index (Phi) is 9.07. The third-order valence-electron chi connectivity index (χ3n) is 3.50. The van der Waals surface area contributed by atoms with Crippen molar-refractivity contribution in [1.82, 2.24) is 9.97 Å². The summed E-state index contributed by atoms with van der Waals surface area (Å²) < 4.78 is 0. The van der Waals surface area contributed by atoms with Gasteiger partial charge in [0.1, 0.15) is 0 Å². The van der Waals surface area contributed by atoms with Crippen LogP contribution in [-0.2, 0) is 0 Å². The molecule has 2 heterocycles. The van der Waals surface area contributed by atoms with Crippen LogP contribution in [-0.4, -0.2) is 55.4 Å². The van der Waals surface area contributed by atoms with E-state index in [1.165, 1.54) is 0 Å². The number of hydrogen-bond acceptors (Lipinski definition) is 8. The van der Waals surface area contributed by atoms with Gasteiger partial charge in [-0.2, -0.15) is 23.5 Å². The van der Waals surface area contributed by atoms with E-state index < -0.39 is 12.2 Å². The van der Waals surface area contributed by atoms with Gasteiger partial charge in [-0.15, -0.1) is 22.7 Å². The molecule has 2 rings (SSSR count). The molecule has 4 nitrogen and oxygen atoms in total. The molecule has 8 heteroatoms. The van der Waals surface area contributed by atoms with Gasteiger partial charge in [0.05, 0.1) is 22.2 Å². The maximum Gasteiger partial charge on any atom is 0.0961 e. The van der Waals surface area contributed by atoms with Crippen molar-refractivity contribution in [3.63, 3.8) is 0 Å². The summed E-state index contributed by atoms with van der Waals surface area (Å²) in [4.78, 5) is 8.63. The van der Waals surface area contributed by atoms with E-state index in [4.69, 9.17) is 0 Å². The van der Waals surface area contributed by atoms with Gasteiger partial charge in [-0.3, -0.25) is 0 Å². The topological polar surface area (TPSA) is 66.2 Å². The lowest BCUT2D eigenvalue weighted by atomic mass is 10.2. The van der Waals surface area contributed by atoms with Crippen LogP contribution in [0.2, 0.25) is 0 Å². The fourth-order valence-corrected chi connectivity index (χ4v) is 5.88. The predicted molar refractivity (Wildman–Crippen MR) is 108 cm³/mol. The van der Waals surface area contributed by atoms with Crippen LogP contribution >= 0.6 is 46.2 Å². The number of hydrogen-bond donors (Lipinski definition) is 2. The number of rotatable bonds is 11. The maximum absolute atomic E-state index is 10.1. The van der Waals surface area contributed by atoms with Gasteiger partial charge in [-0.25, -0.2) is 9.97 Å². The van der Waals surface area contributed by atoms with Crippen LogP contribution in [0.25, 0.3) is 0 Å². The molecule has 0 saturated carbocycles. The highest BCUT2D eigenvalue weighted by Gasteiger charge is 2.18. The van der Waals surface area contributed by atoms with E-state index in [2.05, 4.69) is 23.8 Å². The SMILES string of the molecule is CC(CSCC(O)C(O)CSCC(C)c1nccs1)c1nccs1. The summed E-state index contributed by atoms with van der Waals surface area (Å²) in [6.45, 7) is 4.29. The molecule has 2 aromatic heterocycles. The lowest BCUT2D eigenvalue weighted by Crippen LogP contribution is -2.30. The molecule has 4 unspecified atom stereocenters. The summed E-state index contributed by atoms with van der Waals surface area (Å²) in [6.07, 6.45) is 2.29. The van der Waals surface area contributed by atoms with Crippen LogP contribution in [0, 0.1) is 0 Å². The van der Waals surface area contributed by atoms with E-state index in [0.29, 0.717) is 23.3 Å². The minimum Gasteiger partial charge on any atom is -0.390 e. The predicted octanol–water partition coefficient (Wildman–Crippen LogP) is 3.70. The normalized spacial score (nSPS) is 16.7. The molecule has 2 aromatic rings. The van der Waals surface area contributed by atoms with Crippen molar-refractivity contribution in [2.75, 3.05) is 23.0 Å². The molecule has 0 spiro atoms. The second kappa shape index (κ2) is 10.8. The van der Waals surface area contributed by atoms with Gasteiger partial charge in [0, 0.05) is 58.0 Å². The molecule has 0 radical (unpaired) electrons. The second-order valence-electron chi connectivity index (χ2n) is 5.75. The van der Waals surface area contributed by atoms with Crippen molar-refractivity contribution < 1.29 is 10.2 Å². The lowest BCUT2D eigenvalue weighted by Gasteiger charge is -2.18. The van der Waals surface area contributed by atoms with Gasteiger partial charge in [0.2, 0.25) is 0 Å². The number of thiazole rings is 2. The molecule has 0 fully saturated rings. The quantitative estimate of drug-likeness (QED) is 0.595. The molecular weight excluding hydrogens is 380 g/mol. The molecule has 24 heavy (non-hydrogen) atoms. The highest BCUT2D eigenvalue weighted by molar-refractivity contribution is 7.99. The first kappa shape index (κ1) is 20.2. The number of aliphatic hydroxyl groups is 2. The average molecular weight is 405 g/mol. The maximum atomic E-state index is 10.1. The fourth-order valence-electron chi connectivity index (χ4n) is 2.05. The third-order valence-corrected chi connectivity index (χ3v) is 8.14. The molecule has 0 saturated heterocycles. The standard InChI is InChI=1S/C16H24N2O2S4/c1-11(15-17-3-5-23-15)7-21-9-13(19)14(20)10-22-8-12(2)16-18-4-6-24-16/h3-6,11-14,19-20H,7-10H2,1-2H3. The zero-order valence-electron chi connectivity index (χ0n) is 13.9. The van der Waals surface area contributed by atoms with E-state index >= 15 is 0 Å². The molecule has 134 valence electrons. The Hall–Kier alpha value is -0.120. The first-order valence-corrected chi connectivity index (χ1v) is 11.9. The van der Waals surface area contributed by atoms with Gasteiger partial charge in [0.15, 0.2) is 0 Å². The Morgan fingerprint density at radius 3 is 1.58 bits per heavy atom. The Labute approximate surface area is 160 Å². The van der Waals surface area contributed by atoms with E-state index in [9.17, 15) is 10.2 Å². The van der Waals surface area contributed by atoms with E-state index in [0.717, 1.165) is 21.5 Å². The zero-order valence-corrected chi connectivity index (χ0v) is 17.1. The molecular formula is C16H24N2O2S4. The first-order valence-electron chi connectivity index (χ1n) is 7.88. The molecule has 2 N–H and O–H groups in total. The molecule has 4 atom stereocenters. The van der Waals surface area contributed by atoms with Crippen molar-refractivity contribution in [3.05, 3.63) is 33.2 Å². The Morgan fingerprint density at radius 2 is 1.25 bits per heavy atom. The highest BCUT2D eigenvalue weighted by Crippen LogP contribution is 2.24. The lowest BCUT2D eigenvalue weighted by molar-refractivity contribution is 0.0500. The fraction of sp³-hybridized carbons (Fsp3) is 0.625. The first-order chi connectivity index (χ1) is 11.6. The van der Waals surface area contributed by atoms with Crippen LogP contribution in [0.5, 0.6) is 0 Å². The van der Waals surface area contributed by atoms with Gasteiger partial charge in [0.25, 0.3) is 0 Å². The van der Waals surface area contributed by atoms with Crippen LogP contribution < -0.4 is 0 Å². The van der Waals surface area contributed by atoms with Crippen molar-refractivity contribution in [2.24, 2.45) is 0 Å². The summed E-state index contributed by atoms with van der Waals surface area (Å²) in [5.74, 6) is 3.69. The van der Waals surface area contributed by atoms with E-state index in [1.807, 2.05) is 23.2 Å². The summed E-state index contributed by atoms with van der Waals surface area (Å²) >= 11 is 6.68. The van der Waals surface area contributed by atoms with Crippen LogP contribution in [0.4, 0.5) is 0 Å². The monoisotopic (exact) mass is 404 g/mol. The third kappa shape index (κ3) is 6.65. The van der Waals surface area contributed by atoms with Crippen molar-refractivity contribution in [1.29, 1.82) is 0 Å². The van der Waals surface area contributed by atoms with Crippen molar-refractivity contribution in [3.8, 4) is 0 Å². The van der Waals surface area contributed by atoms with Crippen LogP contribution in [0.1, 0.15) is 35.7 Å². The average Bonchev–Trinajstić information content (AvgIpc) is 3.27. The zero-order chi connectivity index (χ0) is 17.4. The van der Waals surface area contributed by atoms with Crippen molar-refractivity contribution in [2.45, 2.75) is 37.9 Å². The summed E-state index contributed by atoms with van der Waals surface area (Å²) in [5.41, 5.74) is 0. The number of aromatic nitrogens is 2. The smallest absolute Gasteiger partial charge is 0.0961 e.